The first-order chi connectivity index (χ1) is 8.95. The number of hydrogen-bond donors (Lipinski definition) is 2. The summed E-state index contributed by atoms with van der Waals surface area (Å²) >= 11 is 1.69. The Kier molecular flexibility index (Phi) is 3.66. The molecule has 0 saturated heterocycles. The molecule has 7 heteroatoms. The third kappa shape index (κ3) is 3.19. The summed E-state index contributed by atoms with van der Waals surface area (Å²) in [4.78, 5) is 16.7. The molecule has 0 aliphatic rings. The van der Waals surface area contributed by atoms with E-state index in [1.54, 1.807) is 11.3 Å². The van der Waals surface area contributed by atoms with Crippen LogP contribution in [0.5, 0.6) is 0 Å². The van der Waals surface area contributed by atoms with Crippen LogP contribution >= 0.6 is 11.3 Å². The van der Waals surface area contributed by atoms with Crippen LogP contribution in [0, 0.1) is 24.0 Å². The molecular weight excluding hydrogens is 264 g/mol. The highest BCUT2D eigenvalue weighted by atomic mass is 32.1. The number of nitrogen functional groups attached to an aromatic ring is 1. The van der Waals surface area contributed by atoms with Gasteiger partial charge in [0.2, 0.25) is 0 Å². The number of hydrogen-bond acceptors (Lipinski definition) is 6. The Morgan fingerprint density at radius 3 is 2.74 bits per heavy atom. The van der Waals surface area contributed by atoms with Crippen molar-refractivity contribution in [3.8, 4) is 0 Å². The van der Waals surface area contributed by atoms with Gasteiger partial charge in [0.15, 0.2) is 0 Å². The van der Waals surface area contributed by atoms with Gasteiger partial charge in [0.1, 0.15) is 11.6 Å². The number of aryl methyl sites for hydroxylation is 2. The maximum Gasteiger partial charge on any atom is 0.276 e. The van der Waals surface area contributed by atoms with E-state index in [2.05, 4.69) is 30.2 Å². The van der Waals surface area contributed by atoms with Crippen molar-refractivity contribution in [1.82, 2.24) is 4.98 Å². The quantitative estimate of drug-likeness (QED) is 0.662. The van der Waals surface area contributed by atoms with Crippen molar-refractivity contribution >= 4 is 28.7 Å². The van der Waals surface area contributed by atoms with Crippen LogP contribution in [0.1, 0.15) is 15.3 Å². The highest BCUT2D eigenvalue weighted by Gasteiger charge is 2.10. The van der Waals surface area contributed by atoms with Gasteiger partial charge in [-0.2, -0.15) is 0 Å². The van der Waals surface area contributed by atoms with Gasteiger partial charge < -0.3 is 11.1 Å². The van der Waals surface area contributed by atoms with Crippen LogP contribution in [0.15, 0.2) is 18.2 Å². The zero-order chi connectivity index (χ0) is 14.0. The van der Waals surface area contributed by atoms with Gasteiger partial charge in [-0.1, -0.05) is 0 Å². The topological polar surface area (TPSA) is 94.1 Å². The number of nitrogens with zero attached hydrogens (tertiary/aromatic N) is 2. The molecule has 0 amide bonds. The van der Waals surface area contributed by atoms with Gasteiger partial charge in [-0.3, -0.25) is 10.1 Å². The van der Waals surface area contributed by atoms with Gasteiger partial charge in [0, 0.05) is 9.75 Å². The summed E-state index contributed by atoms with van der Waals surface area (Å²) in [5.41, 5.74) is 6.72. The van der Waals surface area contributed by atoms with Crippen molar-refractivity contribution in [1.29, 1.82) is 0 Å². The van der Waals surface area contributed by atoms with E-state index < -0.39 is 4.92 Å². The Morgan fingerprint density at radius 1 is 1.42 bits per heavy atom. The number of anilines is 2. The molecule has 0 atom stereocenters. The highest BCUT2D eigenvalue weighted by Crippen LogP contribution is 2.23. The Hall–Kier alpha value is -2.15. The molecule has 19 heavy (non-hydrogen) atoms. The summed E-state index contributed by atoms with van der Waals surface area (Å²) in [6.07, 6.45) is 0. The fourth-order valence-electron chi connectivity index (χ4n) is 1.65. The second kappa shape index (κ2) is 5.23. The molecule has 3 N–H and O–H groups in total. The van der Waals surface area contributed by atoms with Crippen LogP contribution in [0.25, 0.3) is 0 Å². The van der Waals surface area contributed by atoms with Crippen LogP contribution in [-0.2, 0) is 6.54 Å². The molecule has 2 aromatic heterocycles. The van der Waals surface area contributed by atoms with Crippen LogP contribution in [-0.4, -0.2) is 9.91 Å². The first kappa shape index (κ1) is 13.3. The lowest BCUT2D eigenvalue weighted by Crippen LogP contribution is -2.03. The standard InChI is InChI=1S/C12H14N4O2S/c1-7-3-10(19-8(7)2)6-14-12-5-9(16(17)18)4-11(13)15-12/h3-5H,6H2,1-2H3,(H3,13,14,15). The minimum Gasteiger partial charge on any atom is -0.383 e. The van der Waals surface area contributed by atoms with Crippen molar-refractivity contribution in [3.63, 3.8) is 0 Å². The van der Waals surface area contributed by atoms with Gasteiger partial charge >= 0.3 is 0 Å². The van der Waals surface area contributed by atoms with Gasteiger partial charge in [-0.25, -0.2) is 4.98 Å². The molecule has 0 aliphatic carbocycles. The third-order valence-electron chi connectivity index (χ3n) is 2.70. The normalized spacial score (nSPS) is 10.4. The first-order valence-corrected chi connectivity index (χ1v) is 6.49. The average molecular weight is 278 g/mol. The third-order valence-corrected chi connectivity index (χ3v) is 3.85. The molecule has 0 radical (unpaired) electrons. The summed E-state index contributed by atoms with van der Waals surface area (Å²) in [7, 11) is 0. The molecule has 2 aromatic rings. The number of nitrogens with one attached hydrogen (secondary N) is 1. The Morgan fingerprint density at radius 2 is 2.16 bits per heavy atom. The molecule has 0 aliphatic heterocycles. The predicted molar refractivity (Wildman–Crippen MR) is 76.4 cm³/mol. The van der Waals surface area contributed by atoms with Gasteiger partial charge in [0.25, 0.3) is 5.69 Å². The zero-order valence-electron chi connectivity index (χ0n) is 10.6. The number of aromatic nitrogens is 1. The van der Waals surface area contributed by atoms with Crippen LogP contribution in [0.2, 0.25) is 0 Å². The van der Waals surface area contributed by atoms with Crippen LogP contribution in [0.3, 0.4) is 0 Å². The fourth-order valence-corrected chi connectivity index (χ4v) is 2.64. The summed E-state index contributed by atoms with van der Waals surface area (Å²) in [6.45, 7) is 4.69. The van der Waals surface area contributed by atoms with Crippen LogP contribution in [0.4, 0.5) is 17.3 Å². The predicted octanol–water partition coefficient (Wildman–Crippen LogP) is 2.86. The molecule has 6 nitrogen and oxygen atoms in total. The summed E-state index contributed by atoms with van der Waals surface area (Å²) in [5, 5.41) is 13.8. The minimum absolute atomic E-state index is 0.0615. The molecular formula is C12H14N4O2S. The van der Waals surface area contributed by atoms with E-state index in [9.17, 15) is 10.1 Å². The zero-order valence-corrected chi connectivity index (χ0v) is 11.5. The van der Waals surface area contributed by atoms with Gasteiger partial charge in [0.05, 0.1) is 23.6 Å². The summed E-state index contributed by atoms with van der Waals surface area (Å²) in [5.74, 6) is 0.547. The largest absolute Gasteiger partial charge is 0.383 e. The first-order valence-electron chi connectivity index (χ1n) is 5.67. The van der Waals surface area contributed by atoms with Crippen molar-refractivity contribution in [3.05, 3.63) is 43.6 Å². The van der Waals surface area contributed by atoms with Gasteiger partial charge in [-0.05, 0) is 25.5 Å². The number of thiophene rings is 1. The molecule has 0 bridgehead atoms. The number of pyridine rings is 1. The summed E-state index contributed by atoms with van der Waals surface area (Å²) < 4.78 is 0. The van der Waals surface area contributed by atoms with E-state index in [4.69, 9.17) is 5.73 Å². The Labute approximate surface area is 114 Å². The van der Waals surface area contributed by atoms with E-state index in [-0.39, 0.29) is 11.5 Å². The number of nitro groups is 1. The lowest BCUT2D eigenvalue weighted by Gasteiger charge is -2.04. The Balaban J connectivity index is 2.13. The van der Waals surface area contributed by atoms with E-state index in [0.717, 1.165) is 4.88 Å². The Bertz CT molecular complexity index is 605. The molecule has 2 rings (SSSR count). The van der Waals surface area contributed by atoms with Crippen molar-refractivity contribution in [2.24, 2.45) is 0 Å². The lowest BCUT2D eigenvalue weighted by atomic mass is 10.3. The monoisotopic (exact) mass is 278 g/mol. The second-order valence-electron chi connectivity index (χ2n) is 4.20. The van der Waals surface area contributed by atoms with E-state index in [0.29, 0.717) is 12.4 Å². The van der Waals surface area contributed by atoms with E-state index in [1.165, 1.54) is 22.6 Å². The van der Waals surface area contributed by atoms with Crippen molar-refractivity contribution < 1.29 is 4.92 Å². The summed E-state index contributed by atoms with van der Waals surface area (Å²) in [6, 6.07) is 4.71. The van der Waals surface area contributed by atoms with Gasteiger partial charge in [-0.15, -0.1) is 11.3 Å². The second-order valence-corrected chi connectivity index (χ2v) is 5.54. The molecule has 0 aromatic carbocycles. The van der Waals surface area contributed by atoms with E-state index in [1.807, 2.05) is 0 Å². The molecule has 0 spiro atoms. The molecule has 0 unspecified atom stereocenters. The smallest absolute Gasteiger partial charge is 0.276 e. The number of rotatable bonds is 4. The average Bonchev–Trinajstić information content (AvgIpc) is 2.65. The molecule has 100 valence electrons. The number of nitrogens with two attached hydrogens (primary N) is 1. The van der Waals surface area contributed by atoms with Crippen LogP contribution < -0.4 is 11.1 Å². The molecule has 0 saturated carbocycles. The fraction of sp³-hybridized carbons (Fsp3) is 0.250. The maximum atomic E-state index is 10.7. The maximum absolute atomic E-state index is 10.7. The van der Waals surface area contributed by atoms with Crippen molar-refractivity contribution in [2.45, 2.75) is 20.4 Å². The van der Waals surface area contributed by atoms with Crippen molar-refractivity contribution in [2.75, 3.05) is 11.1 Å². The molecule has 0 fully saturated rings. The highest BCUT2D eigenvalue weighted by molar-refractivity contribution is 7.12. The molecule has 2 heterocycles. The minimum atomic E-state index is -0.483. The SMILES string of the molecule is Cc1cc(CNc2cc([N+](=O)[O-])cc(N)n2)sc1C. The van der Waals surface area contributed by atoms with E-state index >= 15 is 0 Å². The lowest BCUT2D eigenvalue weighted by molar-refractivity contribution is -0.384.